The third-order valence-electron chi connectivity index (χ3n) is 5.11. The number of carboxylic acid groups (broad SMARTS) is 2. The van der Waals surface area contributed by atoms with Crippen LogP contribution in [0.2, 0.25) is 0 Å². The maximum absolute atomic E-state index is 13.1. The van der Waals surface area contributed by atoms with Crippen LogP contribution in [0, 0.1) is 18.3 Å². The fourth-order valence-corrected chi connectivity index (χ4v) is 3.27. The molecule has 2 aromatic carbocycles. The molecule has 0 aliphatic heterocycles. The van der Waals surface area contributed by atoms with Crippen LogP contribution in [0.4, 0.5) is 13.2 Å². The number of carboxylic acids is 2. The van der Waals surface area contributed by atoms with Gasteiger partial charge in [-0.2, -0.15) is 18.4 Å². The number of carbonyl (C=O) groups is 3. The summed E-state index contributed by atoms with van der Waals surface area (Å²) < 4.78 is 40.8. The number of aromatic carboxylic acids is 2. The van der Waals surface area contributed by atoms with Crippen LogP contribution in [0.15, 0.2) is 42.6 Å². The topological polar surface area (TPSA) is 120 Å². The van der Waals surface area contributed by atoms with Gasteiger partial charge in [-0.25, -0.2) is 9.59 Å². The summed E-state index contributed by atoms with van der Waals surface area (Å²) in [5.41, 5.74) is -0.744. The molecule has 0 spiro atoms. The Balaban J connectivity index is 0.000000257. The van der Waals surface area contributed by atoms with E-state index in [4.69, 9.17) is 15.5 Å². The van der Waals surface area contributed by atoms with Crippen molar-refractivity contribution in [3.8, 4) is 6.07 Å². The highest BCUT2D eigenvalue weighted by molar-refractivity contribution is 5.96. The Kier molecular flexibility index (Phi) is 7.28. The Hall–Kier alpha value is -4.13. The van der Waals surface area contributed by atoms with Gasteiger partial charge in [0.25, 0.3) is 0 Å². The van der Waals surface area contributed by atoms with E-state index in [1.165, 1.54) is 54.9 Å². The van der Waals surface area contributed by atoms with Crippen LogP contribution in [-0.2, 0) is 11.0 Å². The molecule has 0 bridgehead atoms. The van der Waals surface area contributed by atoms with E-state index in [9.17, 15) is 27.6 Å². The van der Waals surface area contributed by atoms with Crippen molar-refractivity contribution < 1.29 is 37.8 Å². The Morgan fingerprint density at radius 3 is 2.00 bits per heavy atom. The molecule has 0 saturated heterocycles. The normalized spacial score (nSPS) is 11.8. The lowest BCUT2D eigenvalue weighted by molar-refractivity contribution is -0.136. The zero-order chi connectivity index (χ0) is 25.1. The highest BCUT2D eigenvalue weighted by Gasteiger charge is 2.36. The van der Waals surface area contributed by atoms with Crippen molar-refractivity contribution in [1.82, 2.24) is 4.57 Å². The molecule has 0 aliphatic carbocycles. The van der Waals surface area contributed by atoms with E-state index in [2.05, 4.69) is 0 Å². The molecular weight excluding hydrogens is 441 g/mol. The fourth-order valence-electron chi connectivity index (χ4n) is 3.27. The molecule has 3 aromatic rings. The standard InChI is InChI=1S/C14H11F3N2O.C9H8O4/c1-8(9(2)20)19-6-5-11-12(19)4-3-10(7-18)13(11)14(15,16)17;1-5-6(8(10)11)3-2-4-7(5)9(12)13/h3-6,8H,1-2H3;2-4H,1H3,(H,10,11)(H,12,13). The number of fused-ring (bicyclic) bond motifs is 1. The van der Waals surface area contributed by atoms with Gasteiger partial charge in [-0.3, -0.25) is 4.79 Å². The lowest BCUT2D eigenvalue weighted by Gasteiger charge is -2.14. The molecule has 1 unspecified atom stereocenters. The number of hydrogen-bond donors (Lipinski definition) is 2. The quantitative estimate of drug-likeness (QED) is 0.561. The average molecular weight is 460 g/mol. The van der Waals surface area contributed by atoms with E-state index in [0.29, 0.717) is 5.52 Å². The average Bonchev–Trinajstić information content (AvgIpc) is 3.15. The third-order valence-corrected chi connectivity index (χ3v) is 5.11. The molecule has 0 amide bonds. The first-order valence-electron chi connectivity index (χ1n) is 9.48. The van der Waals surface area contributed by atoms with Gasteiger partial charge in [0.15, 0.2) is 5.78 Å². The van der Waals surface area contributed by atoms with Gasteiger partial charge in [-0.15, -0.1) is 0 Å². The van der Waals surface area contributed by atoms with E-state index < -0.39 is 35.3 Å². The summed E-state index contributed by atoms with van der Waals surface area (Å²) in [4.78, 5) is 32.6. The number of hydrogen-bond acceptors (Lipinski definition) is 4. The van der Waals surface area contributed by atoms with Gasteiger partial charge in [-0.05, 0) is 56.7 Å². The van der Waals surface area contributed by atoms with Crippen LogP contribution >= 0.6 is 0 Å². The van der Waals surface area contributed by atoms with Crippen LogP contribution in [0.25, 0.3) is 10.9 Å². The SMILES string of the molecule is CC(=O)C(C)n1ccc2c(C(F)(F)F)c(C#N)ccc21.Cc1c(C(=O)O)cccc1C(=O)O. The zero-order valence-electron chi connectivity index (χ0n) is 17.8. The predicted octanol–water partition coefficient (Wildman–Crippen LogP) is 5.07. The minimum atomic E-state index is -4.61. The number of ketones is 1. The van der Waals surface area contributed by atoms with Crippen LogP contribution in [0.1, 0.15) is 57.3 Å². The molecule has 0 saturated carbocycles. The Morgan fingerprint density at radius 1 is 1.03 bits per heavy atom. The molecule has 7 nitrogen and oxygen atoms in total. The number of Topliss-reactive ketones (excluding diaryl/α,β-unsaturated/α-hetero) is 1. The smallest absolute Gasteiger partial charge is 0.418 e. The van der Waals surface area contributed by atoms with E-state index in [1.807, 2.05) is 0 Å². The van der Waals surface area contributed by atoms with Crippen LogP contribution in [0.3, 0.4) is 0 Å². The van der Waals surface area contributed by atoms with Crippen LogP contribution < -0.4 is 0 Å². The van der Waals surface area contributed by atoms with Crippen molar-refractivity contribution in [2.24, 2.45) is 0 Å². The second kappa shape index (κ2) is 9.56. The molecule has 0 radical (unpaired) electrons. The summed E-state index contributed by atoms with van der Waals surface area (Å²) in [5, 5.41) is 26.1. The van der Waals surface area contributed by atoms with Gasteiger partial charge in [0.05, 0.1) is 34.4 Å². The highest BCUT2D eigenvalue weighted by Crippen LogP contribution is 2.38. The van der Waals surface area contributed by atoms with E-state index in [1.54, 1.807) is 13.0 Å². The molecule has 172 valence electrons. The largest absolute Gasteiger partial charge is 0.478 e. The zero-order valence-corrected chi connectivity index (χ0v) is 17.8. The number of nitriles is 1. The molecule has 10 heteroatoms. The number of benzene rings is 2. The monoisotopic (exact) mass is 460 g/mol. The molecular formula is C23H19F3N2O5. The van der Waals surface area contributed by atoms with Gasteiger partial charge in [-0.1, -0.05) is 6.07 Å². The summed E-state index contributed by atoms with van der Waals surface area (Å²) in [5.74, 6) is -2.37. The number of aromatic nitrogens is 1. The number of nitrogens with zero attached hydrogens (tertiary/aromatic N) is 2. The van der Waals surface area contributed by atoms with Gasteiger partial charge >= 0.3 is 18.1 Å². The Morgan fingerprint density at radius 2 is 1.58 bits per heavy atom. The van der Waals surface area contributed by atoms with Crippen molar-refractivity contribution in [2.45, 2.75) is 33.0 Å². The van der Waals surface area contributed by atoms with Crippen LogP contribution in [-0.4, -0.2) is 32.5 Å². The highest BCUT2D eigenvalue weighted by atomic mass is 19.4. The number of alkyl halides is 3. The van der Waals surface area contributed by atoms with Crippen molar-refractivity contribution in [1.29, 1.82) is 5.26 Å². The summed E-state index contributed by atoms with van der Waals surface area (Å²) >= 11 is 0. The van der Waals surface area contributed by atoms with Gasteiger partial charge < -0.3 is 14.8 Å². The van der Waals surface area contributed by atoms with E-state index >= 15 is 0 Å². The number of halogens is 3. The van der Waals surface area contributed by atoms with Crippen LogP contribution in [0.5, 0.6) is 0 Å². The second-order valence-corrected chi connectivity index (χ2v) is 7.13. The van der Waals surface area contributed by atoms with Crippen molar-refractivity contribution >= 4 is 28.6 Å². The Bertz CT molecular complexity index is 1250. The first-order chi connectivity index (χ1) is 15.3. The molecule has 2 N–H and O–H groups in total. The molecule has 0 fully saturated rings. The van der Waals surface area contributed by atoms with E-state index in [0.717, 1.165) is 6.07 Å². The minimum Gasteiger partial charge on any atom is -0.478 e. The predicted molar refractivity (Wildman–Crippen MR) is 112 cm³/mol. The molecule has 3 rings (SSSR count). The fraction of sp³-hybridized carbons (Fsp3) is 0.217. The third kappa shape index (κ3) is 5.20. The summed E-state index contributed by atoms with van der Waals surface area (Å²) in [6, 6.07) is 9.04. The minimum absolute atomic E-state index is 0.0277. The van der Waals surface area contributed by atoms with Gasteiger partial charge in [0.1, 0.15) is 0 Å². The maximum Gasteiger partial charge on any atom is 0.418 e. The molecule has 0 aliphatic rings. The second-order valence-electron chi connectivity index (χ2n) is 7.13. The molecule has 1 aromatic heterocycles. The van der Waals surface area contributed by atoms with Gasteiger partial charge in [0, 0.05) is 17.1 Å². The van der Waals surface area contributed by atoms with E-state index in [-0.39, 0.29) is 27.9 Å². The first-order valence-corrected chi connectivity index (χ1v) is 9.48. The molecule has 1 heterocycles. The lowest BCUT2D eigenvalue weighted by atomic mass is 10.0. The number of rotatable bonds is 4. The lowest BCUT2D eigenvalue weighted by Crippen LogP contribution is -2.13. The van der Waals surface area contributed by atoms with Gasteiger partial charge in [0.2, 0.25) is 0 Å². The maximum atomic E-state index is 13.1. The Labute approximate surface area is 186 Å². The summed E-state index contributed by atoms with van der Waals surface area (Å²) in [7, 11) is 0. The molecule has 1 atom stereocenters. The van der Waals surface area contributed by atoms with Crippen molar-refractivity contribution in [3.63, 3.8) is 0 Å². The summed E-state index contributed by atoms with van der Waals surface area (Å²) in [6.07, 6.45) is -3.18. The first kappa shape index (κ1) is 25.1. The molecule has 33 heavy (non-hydrogen) atoms. The summed E-state index contributed by atoms with van der Waals surface area (Å²) in [6.45, 7) is 4.48. The van der Waals surface area contributed by atoms with Crippen molar-refractivity contribution in [2.75, 3.05) is 0 Å². The van der Waals surface area contributed by atoms with Crippen molar-refractivity contribution in [3.05, 3.63) is 70.4 Å². The number of carbonyl (C=O) groups excluding carboxylic acids is 1.